The summed E-state index contributed by atoms with van der Waals surface area (Å²) in [6, 6.07) is 11.0. The lowest BCUT2D eigenvalue weighted by atomic mass is 10.3. The van der Waals surface area contributed by atoms with E-state index in [-0.39, 0.29) is 5.82 Å². The van der Waals surface area contributed by atoms with Gasteiger partial charge in [-0.15, -0.1) is 0 Å². The van der Waals surface area contributed by atoms with Gasteiger partial charge in [-0.25, -0.2) is 17.6 Å². The molecule has 0 fully saturated rings. The van der Waals surface area contributed by atoms with Crippen molar-refractivity contribution >= 4 is 33.1 Å². The molecule has 0 saturated carbocycles. The second-order valence-corrected chi connectivity index (χ2v) is 6.29. The Hall–Kier alpha value is -2.61. The van der Waals surface area contributed by atoms with Crippen molar-refractivity contribution in [1.82, 2.24) is 0 Å². The lowest BCUT2D eigenvalue weighted by Gasteiger charge is -2.09. The molecule has 2 aromatic rings. The minimum Gasteiger partial charge on any atom is -0.308 e. The fourth-order valence-corrected chi connectivity index (χ4v) is 2.23. The van der Waals surface area contributed by atoms with E-state index in [2.05, 4.69) is 15.4 Å². The zero-order chi connectivity index (χ0) is 16.2. The molecule has 2 aromatic carbocycles. The normalized spacial score (nSPS) is 10.8. The summed E-state index contributed by atoms with van der Waals surface area (Å²) in [5.41, 5.74) is 1.33. The van der Waals surface area contributed by atoms with Crippen LogP contribution in [0, 0.1) is 5.82 Å². The third-order valence-corrected chi connectivity index (χ3v) is 3.15. The number of carbonyl (C=O) groups is 1. The number of hydrogen-bond acceptors (Lipinski definition) is 3. The predicted molar refractivity (Wildman–Crippen MR) is 83.9 cm³/mol. The number of urea groups is 1. The summed E-state index contributed by atoms with van der Waals surface area (Å²) in [5.74, 6) is -0.389. The van der Waals surface area contributed by atoms with E-state index in [1.165, 1.54) is 36.4 Å². The highest BCUT2D eigenvalue weighted by Crippen LogP contribution is 2.15. The molecule has 22 heavy (non-hydrogen) atoms. The number of amides is 2. The van der Waals surface area contributed by atoms with Gasteiger partial charge < -0.3 is 10.6 Å². The van der Waals surface area contributed by atoms with Crippen molar-refractivity contribution in [3.8, 4) is 0 Å². The van der Waals surface area contributed by atoms with E-state index in [1.807, 2.05) is 0 Å². The standard InChI is InChI=1S/C14H14FN3O3S/c1-22(20,21)18-13-8-6-12(7-9-13)17-14(19)16-11-4-2-10(15)3-5-11/h2-9,18H,1H3,(H2,16,17,19). The molecule has 0 aromatic heterocycles. The third-order valence-electron chi connectivity index (χ3n) is 2.55. The summed E-state index contributed by atoms with van der Waals surface area (Å²) < 4.78 is 37.2. The lowest BCUT2D eigenvalue weighted by molar-refractivity contribution is 0.262. The first-order valence-electron chi connectivity index (χ1n) is 6.23. The average molecular weight is 323 g/mol. The third kappa shape index (κ3) is 5.06. The van der Waals surface area contributed by atoms with Crippen LogP contribution in [0.2, 0.25) is 0 Å². The maximum Gasteiger partial charge on any atom is 0.323 e. The number of hydrogen-bond donors (Lipinski definition) is 3. The molecule has 0 aliphatic rings. The molecule has 0 radical (unpaired) electrons. The van der Waals surface area contributed by atoms with Crippen LogP contribution in [0.25, 0.3) is 0 Å². The van der Waals surface area contributed by atoms with E-state index in [9.17, 15) is 17.6 Å². The fraction of sp³-hybridized carbons (Fsp3) is 0.0714. The van der Waals surface area contributed by atoms with E-state index in [0.717, 1.165) is 6.26 Å². The molecule has 8 heteroatoms. The second-order valence-electron chi connectivity index (χ2n) is 4.54. The van der Waals surface area contributed by atoms with Crippen molar-refractivity contribution in [2.45, 2.75) is 0 Å². The van der Waals surface area contributed by atoms with Crippen LogP contribution in [-0.4, -0.2) is 20.7 Å². The van der Waals surface area contributed by atoms with Crippen LogP contribution in [0.5, 0.6) is 0 Å². The van der Waals surface area contributed by atoms with Crippen molar-refractivity contribution in [1.29, 1.82) is 0 Å². The summed E-state index contributed by atoms with van der Waals surface area (Å²) >= 11 is 0. The number of carbonyl (C=O) groups excluding carboxylic acids is 1. The maximum atomic E-state index is 12.7. The Morgan fingerprint density at radius 3 is 1.73 bits per heavy atom. The Balaban J connectivity index is 1.95. The van der Waals surface area contributed by atoms with Gasteiger partial charge in [0.2, 0.25) is 10.0 Å². The Bertz CT molecular complexity index is 759. The van der Waals surface area contributed by atoms with Crippen molar-refractivity contribution in [3.63, 3.8) is 0 Å². The molecule has 0 aliphatic carbocycles. The molecule has 0 heterocycles. The van der Waals surface area contributed by atoms with Crippen LogP contribution in [-0.2, 0) is 10.0 Å². The van der Waals surface area contributed by atoms with Gasteiger partial charge in [0.15, 0.2) is 0 Å². The molecular weight excluding hydrogens is 309 g/mol. The van der Waals surface area contributed by atoms with Crippen LogP contribution in [0.15, 0.2) is 48.5 Å². The molecule has 0 saturated heterocycles. The van der Waals surface area contributed by atoms with E-state index < -0.39 is 16.1 Å². The molecule has 0 aliphatic heterocycles. The van der Waals surface area contributed by atoms with E-state index in [1.54, 1.807) is 12.1 Å². The summed E-state index contributed by atoms with van der Waals surface area (Å²) in [5, 5.41) is 5.12. The summed E-state index contributed by atoms with van der Waals surface area (Å²) in [6.45, 7) is 0. The predicted octanol–water partition coefficient (Wildman–Crippen LogP) is 2.84. The molecule has 0 unspecified atom stereocenters. The highest BCUT2D eigenvalue weighted by molar-refractivity contribution is 7.92. The number of benzene rings is 2. The first-order valence-corrected chi connectivity index (χ1v) is 8.12. The fourth-order valence-electron chi connectivity index (χ4n) is 1.66. The van der Waals surface area contributed by atoms with Gasteiger partial charge in [0.1, 0.15) is 5.82 Å². The molecule has 2 rings (SSSR count). The maximum absolute atomic E-state index is 12.7. The van der Waals surface area contributed by atoms with Gasteiger partial charge in [-0.3, -0.25) is 4.72 Å². The monoisotopic (exact) mass is 323 g/mol. The van der Waals surface area contributed by atoms with Crippen LogP contribution < -0.4 is 15.4 Å². The summed E-state index contributed by atoms with van der Waals surface area (Å²) in [4.78, 5) is 11.8. The quantitative estimate of drug-likeness (QED) is 0.808. The van der Waals surface area contributed by atoms with E-state index in [4.69, 9.17) is 0 Å². The van der Waals surface area contributed by atoms with Gasteiger partial charge in [0, 0.05) is 17.1 Å². The number of rotatable bonds is 4. The Kier molecular flexibility index (Phi) is 4.62. The van der Waals surface area contributed by atoms with Gasteiger partial charge in [-0.1, -0.05) is 0 Å². The molecule has 0 spiro atoms. The van der Waals surface area contributed by atoms with E-state index in [0.29, 0.717) is 17.1 Å². The SMILES string of the molecule is CS(=O)(=O)Nc1ccc(NC(=O)Nc2ccc(F)cc2)cc1. The summed E-state index contributed by atoms with van der Waals surface area (Å²) in [6.07, 6.45) is 1.05. The average Bonchev–Trinajstić information content (AvgIpc) is 2.42. The Labute approximate surface area is 127 Å². The molecule has 3 N–H and O–H groups in total. The molecule has 0 bridgehead atoms. The van der Waals surface area contributed by atoms with Crippen LogP contribution in [0.3, 0.4) is 0 Å². The first-order chi connectivity index (χ1) is 10.3. The van der Waals surface area contributed by atoms with Crippen molar-refractivity contribution < 1.29 is 17.6 Å². The van der Waals surface area contributed by atoms with Crippen molar-refractivity contribution in [3.05, 3.63) is 54.3 Å². The first kappa shape index (κ1) is 15.8. The largest absolute Gasteiger partial charge is 0.323 e. The lowest BCUT2D eigenvalue weighted by Crippen LogP contribution is -2.19. The molecular formula is C14H14FN3O3S. The molecule has 0 atom stereocenters. The van der Waals surface area contributed by atoms with Gasteiger partial charge in [-0.2, -0.15) is 0 Å². The van der Waals surface area contributed by atoms with Gasteiger partial charge in [0.25, 0.3) is 0 Å². The number of halogens is 1. The van der Waals surface area contributed by atoms with Crippen molar-refractivity contribution in [2.24, 2.45) is 0 Å². The minimum absolute atomic E-state index is 0.389. The zero-order valence-electron chi connectivity index (χ0n) is 11.6. The zero-order valence-corrected chi connectivity index (χ0v) is 12.4. The molecule has 6 nitrogen and oxygen atoms in total. The molecule has 116 valence electrons. The number of anilines is 3. The highest BCUT2D eigenvalue weighted by atomic mass is 32.2. The van der Waals surface area contributed by atoms with Gasteiger partial charge >= 0.3 is 6.03 Å². The van der Waals surface area contributed by atoms with Crippen LogP contribution in [0.1, 0.15) is 0 Å². The summed E-state index contributed by atoms with van der Waals surface area (Å²) in [7, 11) is -3.34. The topological polar surface area (TPSA) is 87.3 Å². The van der Waals surface area contributed by atoms with E-state index >= 15 is 0 Å². The number of sulfonamides is 1. The smallest absolute Gasteiger partial charge is 0.308 e. The van der Waals surface area contributed by atoms with Gasteiger partial charge in [0.05, 0.1) is 6.26 Å². The Morgan fingerprint density at radius 1 is 0.864 bits per heavy atom. The molecule has 2 amide bonds. The Morgan fingerprint density at radius 2 is 1.27 bits per heavy atom. The van der Waals surface area contributed by atoms with Crippen LogP contribution >= 0.6 is 0 Å². The number of nitrogens with one attached hydrogen (secondary N) is 3. The van der Waals surface area contributed by atoms with Crippen molar-refractivity contribution in [2.75, 3.05) is 21.6 Å². The second kappa shape index (κ2) is 6.44. The minimum atomic E-state index is -3.34. The highest BCUT2D eigenvalue weighted by Gasteiger charge is 2.04. The van der Waals surface area contributed by atoms with Crippen LogP contribution in [0.4, 0.5) is 26.2 Å². The van der Waals surface area contributed by atoms with Gasteiger partial charge in [-0.05, 0) is 48.5 Å².